The number of anilines is 1. The fourth-order valence-electron chi connectivity index (χ4n) is 3.94. The number of amides is 2. The molecule has 4 atom stereocenters. The first-order valence-corrected chi connectivity index (χ1v) is 7.37. The fraction of sp³-hybridized carbons (Fsp3) is 0.375. The second kappa shape index (κ2) is 4.19. The van der Waals surface area contributed by atoms with Crippen LogP contribution in [0.3, 0.4) is 0 Å². The van der Waals surface area contributed by atoms with Crippen LogP contribution < -0.4 is 4.90 Å². The molecule has 2 amide bonds. The molecule has 1 saturated heterocycles. The van der Waals surface area contributed by atoms with E-state index in [0.29, 0.717) is 10.7 Å². The van der Waals surface area contributed by atoms with Gasteiger partial charge < -0.3 is 0 Å². The van der Waals surface area contributed by atoms with Crippen molar-refractivity contribution < 1.29 is 9.59 Å². The lowest BCUT2D eigenvalue weighted by molar-refractivity contribution is -0.124. The third-order valence-corrected chi connectivity index (χ3v) is 5.17. The minimum atomic E-state index is -0.178. The van der Waals surface area contributed by atoms with E-state index in [2.05, 4.69) is 12.2 Å². The summed E-state index contributed by atoms with van der Waals surface area (Å²) < 4.78 is 0. The molecule has 0 radical (unpaired) electrons. The monoisotopic (exact) mass is 287 g/mol. The van der Waals surface area contributed by atoms with Crippen LogP contribution in [0.4, 0.5) is 5.69 Å². The van der Waals surface area contributed by atoms with Crippen molar-refractivity contribution in [3.8, 4) is 0 Å². The molecule has 1 aromatic carbocycles. The molecule has 3 nitrogen and oxygen atoms in total. The molecule has 3 aliphatic carbocycles. The minimum Gasteiger partial charge on any atom is -0.274 e. The SMILES string of the molecule is O=C1[C@@H]2[C@@H](C(=O)N1c1ccccc1Cl)[C@H]1C=C[C@H]2CC1. The molecule has 0 aromatic heterocycles. The molecule has 2 bridgehead atoms. The second-order valence-electron chi connectivity index (χ2n) is 5.80. The first kappa shape index (κ1) is 12.2. The molecule has 0 spiro atoms. The first-order valence-electron chi connectivity index (χ1n) is 6.99. The number of imide groups is 1. The van der Waals surface area contributed by atoms with E-state index in [1.165, 1.54) is 4.90 Å². The van der Waals surface area contributed by atoms with Crippen LogP contribution in [0.25, 0.3) is 0 Å². The average molecular weight is 288 g/mol. The zero-order valence-electron chi connectivity index (χ0n) is 10.8. The first-order chi connectivity index (χ1) is 9.68. The minimum absolute atomic E-state index is 0.0767. The van der Waals surface area contributed by atoms with E-state index in [4.69, 9.17) is 11.6 Å². The number of rotatable bonds is 1. The van der Waals surface area contributed by atoms with Crippen molar-refractivity contribution in [1.82, 2.24) is 0 Å². The number of hydrogen-bond donors (Lipinski definition) is 0. The molecule has 0 N–H and O–H groups in total. The highest BCUT2D eigenvalue weighted by Gasteiger charge is 2.57. The van der Waals surface area contributed by atoms with E-state index >= 15 is 0 Å². The zero-order chi connectivity index (χ0) is 13.9. The van der Waals surface area contributed by atoms with E-state index < -0.39 is 0 Å². The number of allylic oxidation sites excluding steroid dienone is 2. The molecule has 4 aliphatic rings. The van der Waals surface area contributed by atoms with Gasteiger partial charge in [0.05, 0.1) is 22.5 Å². The number of nitrogens with zero attached hydrogens (tertiary/aromatic N) is 1. The number of benzene rings is 1. The lowest BCUT2D eigenvalue weighted by Gasteiger charge is -2.38. The third-order valence-electron chi connectivity index (χ3n) is 4.85. The van der Waals surface area contributed by atoms with Gasteiger partial charge in [0, 0.05) is 0 Å². The van der Waals surface area contributed by atoms with Crippen molar-refractivity contribution in [3.63, 3.8) is 0 Å². The average Bonchev–Trinajstić information content (AvgIpc) is 2.75. The molecule has 4 heteroatoms. The van der Waals surface area contributed by atoms with Gasteiger partial charge in [-0.05, 0) is 36.8 Å². The molecule has 20 heavy (non-hydrogen) atoms. The van der Waals surface area contributed by atoms with Crippen LogP contribution in [0.5, 0.6) is 0 Å². The van der Waals surface area contributed by atoms with Gasteiger partial charge in [0.25, 0.3) is 0 Å². The van der Waals surface area contributed by atoms with Gasteiger partial charge in [0.2, 0.25) is 11.8 Å². The normalized spacial score (nSPS) is 34.8. The van der Waals surface area contributed by atoms with Crippen molar-refractivity contribution in [2.45, 2.75) is 12.8 Å². The lowest BCUT2D eigenvalue weighted by Crippen LogP contribution is -2.38. The lowest BCUT2D eigenvalue weighted by atomic mass is 9.63. The van der Waals surface area contributed by atoms with Gasteiger partial charge in [0.15, 0.2) is 0 Å². The smallest absolute Gasteiger partial charge is 0.238 e. The van der Waals surface area contributed by atoms with Gasteiger partial charge in [-0.3, -0.25) is 9.59 Å². The van der Waals surface area contributed by atoms with Gasteiger partial charge in [-0.1, -0.05) is 35.9 Å². The van der Waals surface area contributed by atoms with E-state index in [9.17, 15) is 9.59 Å². The highest BCUT2D eigenvalue weighted by Crippen LogP contribution is 2.50. The molecule has 5 rings (SSSR count). The maximum atomic E-state index is 12.7. The molecule has 1 aromatic rings. The van der Waals surface area contributed by atoms with Crippen LogP contribution in [0.1, 0.15) is 12.8 Å². The van der Waals surface area contributed by atoms with Crippen molar-refractivity contribution in [1.29, 1.82) is 0 Å². The molecule has 0 unspecified atom stereocenters. The Hall–Kier alpha value is -1.61. The summed E-state index contributed by atoms with van der Waals surface area (Å²) in [4.78, 5) is 26.7. The maximum Gasteiger partial charge on any atom is 0.238 e. The third kappa shape index (κ3) is 1.47. The van der Waals surface area contributed by atoms with Gasteiger partial charge in [-0.25, -0.2) is 4.90 Å². The highest BCUT2D eigenvalue weighted by atomic mass is 35.5. The Labute approximate surface area is 122 Å². The van der Waals surface area contributed by atoms with Gasteiger partial charge >= 0.3 is 0 Å². The van der Waals surface area contributed by atoms with Crippen LogP contribution in [0.15, 0.2) is 36.4 Å². The number of para-hydroxylation sites is 1. The second-order valence-corrected chi connectivity index (χ2v) is 6.21. The maximum absolute atomic E-state index is 12.7. The van der Waals surface area contributed by atoms with Crippen molar-refractivity contribution in [2.75, 3.05) is 4.90 Å². The van der Waals surface area contributed by atoms with Crippen molar-refractivity contribution >= 4 is 29.1 Å². The standard InChI is InChI=1S/C16H14ClNO2/c17-11-3-1-2-4-12(11)18-15(19)13-9-5-6-10(8-7-9)14(13)16(18)20/h1-6,9-10,13-14H,7-8H2/t9-,10-,13-,14-/m0/s1. The van der Waals surface area contributed by atoms with Gasteiger partial charge in [0.1, 0.15) is 0 Å². The molecule has 1 aliphatic heterocycles. The molecule has 2 fully saturated rings. The predicted molar refractivity (Wildman–Crippen MR) is 76.3 cm³/mol. The van der Waals surface area contributed by atoms with Crippen LogP contribution in [-0.4, -0.2) is 11.8 Å². The van der Waals surface area contributed by atoms with E-state index in [-0.39, 0.29) is 35.5 Å². The van der Waals surface area contributed by atoms with Gasteiger partial charge in [-0.2, -0.15) is 0 Å². The Kier molecular flexibility index (Phi) is 2.55. The van der Waals surface area contributed by atoms with Crippen LogP contribution in [-0.2, 0) is 9.59 Å². The Morgan fingerprint density at radius 3 is 2.00 bits per heavy atom. The quantitative estimate of drug-likeness (QED) is 0.588. The summed E-state index contributed by atoms with van der Waals surface area (Å²) in [5.41, 5.74) is 0.526. The Bertz CT molecular complexity index is 607. The molecule has 102 valence electrons. The van der Waals surface area contributed by atoms with E-state index in [1.54, 1.807) is 24.3 Å². The number of carbonyl (C=O) groups is 2. The number of hydrogen-bond acceptors (Lipinski definition) is 2. The molecule has 1 heterocycles. The summed E-state index contributed by atoms with van der Waals surface area (Å²) in [5.74, 6) is -0.0766. The number of fused-ring (bicyclic) bond motifs is 1. The summed E-state index contributed by atoms with van der Waals surface area (Å²) in [6, 6.07) is 7.06. The Morgan fingerprint density at radius 2 is 1.50 bits per heavy atom. The Morgan fingerprint density at radius 1 is 0.950 bits per heavy atom. The summed E-state index contributed by atoms with van der Waals surface area (Å²) in [6.07, 6.45) is 6.27. The van der Waals surface area contributed by atoms with Crippen molar-refractivity contribution in [2.24, 2.45) is 23.7 Å². The van der Waals surface area contributed by atoms with E-state index in [0.717, 1.165) is 12.8 Å². The van der Waals surface area contributed by atoms with Gasteiger partial charge in [-0.15, -0.1) is 0 Å². The van der Waals surface area contributed by atoms with Crippen LogP contribution >= 0.6 is 11.6 Å². The fourth-order valence-corrected chi connectivity index (χ4v) is 4.16. The molecular weight excluding hydrogens is 274 g/mol. The van der Waals surface area contributed by atoms with Crippen molar-refractivity contribution in [3.05, 3.63) is 41.4 Å². The summed E-state index contributed by atoms with van der Waals surface area (Å²) in [7, 11) is 0. The number of halogens is 1. The topological polar surface area (TPSA) is 37.4 Å². The molecular formula is C16H14ClNO2. The van der Waals surface area contributed by atoms with Crippen LogP contribution in [0, 0.1) is 23.7 Å². The summed E-state index contributed by atoms with van der Waals surface area (Å²) in [5, 5.41) is 0.452. The van der Waals surface area contributed by atoms with Crippen LogP contribution in [0.2, 0.25) is 5.02 Å². The Balaban J connectivity index is 1.80. The zero-order valence-corrected chi connectivity index (χ0v) is 11.6. The van der Waals surface area contributed by atoms with E-state index in [1.807, 2.05) is 0 Å². The largest absolute Gasteiger partial charge is 0.274 e. The molecule has 1 saturated carbocycles. The summed E-state index contributed by atoms with van der Waals surface area (Å²) >= 11 is 6.16. The number of carbonyl (C=O) groups excluding carboxylic acids is 2. The highest BCUT2D eigenvalue weighted by molar-refractivity contribution is 6.36. The summed E-state index contributed by atoms with van der Waals surface area (Å²) in [6.45, 7) is 0. The predicted octanol–water partition coefficient (Wildman–Crippen LogP) is 3.04.